The van der Waals surface area contributed by atoms with Gasteiger partial charge in [0.25, 0.3) is 5.91 Å². The first-order chi connectivity index (χ1) is 7.79. The monoisotopic (exact) mass is 234 g/mol. The first-order valence-electron chi connectivity index (χ1n) is 4.63. The molecule has 82 valence electrons. The Kier molecular flexibility index (Phi) is 3.11. The molecule has 0 bridgehead atoms. The van der Waals surface area contributed by atoms with Gasteiger partial charge in [-0.1, -0.05) is 0 Å². The fourth-order valence-corrected chi connectivity index (χ4v) is 1.71. The number of thiophene rings is 1. The fourth-order valence-electron chi connectivity index (χ4n) is 1.13. The van der Waals surface area contributed by atoms with Crippen molar-refractivity contribution in [2.75, 3.05) is 17.7 Å². The van der Waals surface area contributed by atoms with Gasteiger partial charge in [0.2, 0.25) is 0 Å². The predicted octanol–water partition coefficient (Wildman–Crippen LogP) is 1.83. The van der Waals surface area contributed by atoms with Crippen LogP contribution < -0.4 is 10.6 Å². The Morgan fingerprint density at radius 3 is 3.00 bits per heavy atom. The molecule has 2 N–H and O–H groups in total. The van der Waals surface area contributed by atoms with Gasteiger partial charge in [-0.2, -0.15) is 11.3 Å². The lowest BCUT2D eigenvalue weighted by atomic mass is 10.4. The molecule has 0 atom stereocenters. The zero-order chi connectivity index (χ0) is 11.4. The Bertz CT molecular complexity index is 483. The quantitative estimate of drug-likeness (QED) is 0.850. The summed E-state index contributed by atoms with van der Waals surface area (Å²) in [6.45, 7) is 0. The molecule has 0 unspecified atom stereocenters. The van der Waals surface area contributed by atoms with Crippen molar-refractivity contribution in [1.82, 2.24) is 9.97 Å². The molecule has 2 aromatic heterocycles. The topological polar surface area (TPSA) is 66.9 Å². The van der Waals surface area contributed by atoms with E-state index in [4.69, 9.17) is 0 Å². The van der Waals surface area contributed by atoms with E-state index < -0.39 is 0 Å². The van der Waals surface area contributed by atoms with Crippen LogP contribution in [0.1, 0.15) is 10.5 Å². The predicted molar refractivity (Wildman–Crippen MR) is 63.9 cm³/mol. The maximum Gasteiger partial charge on any atom is 0.275 e. The van der Waals surface area contributed by atoms with Gasteiger partial charge < -0.3 is 10.6 Å². The molecule has 1 amide bonds. The van der Waals surface area contributed by atoms with Gasteiger partial charge in [0.15, 0.2) is 0 Å². The molecule has 0 aromatic carbocycles. The highest BCUT2D eigenvalue weighted by atomic mass is 32.1. The lowest BCUT2D eigenvalue weighted by Gasteiger charge is -2.03. The Morgan fingerprint density at radius 1 is 1.44 bits per heavy atom. The van der Waals surface area contributed by atoms with Crippen LogP contribution in [0.2, 0.25) is 0 Å². The molecule has 0 saturated carbocycles. The van der Waals surface area contributed by atoms with Crippen molar-refractivity contribution in [3.05, 3.63) is 34.9 Å². The van der Waals surface area contributed by atoms with Gasteiger partial charge in [-0.25, -0.2) is 4.98 Å². The van der Waals surface area contributed by atoms with Crippen molar-refractivity contribution in [2.45, 2.75) is 0 Å². The normalized spacial score (nSPS) is 9.81. The fraction of sp³-hybridized carbons (Fsp3) is 0.100. The zero-order valence-corrected chi connectivity index (χ0v) is 9.41. The minimum atomic E-state index is -0.261. The molecule has 0 fully saturated rings. The van der Waals surface area contributed by atoms with Crippen LogP contribution in [0.3, 0.4) is 0 Å². The smallest absolute Gasteiger partial charge is 0.275 e. The number of anilines is 2. The highest BCUT2D eigenvalue weighted by Gasteiger charge is 2.08. The van der Waals surface area contributed by atoms with Crippen LogP contribution in [0.15, 0.2) is 29.2 Å². The number of aromatic nitrogens is 2. The third-order valence-corrected chi connectivity index (χ3v) is 2.59. The number of nitrogens with zero attached hydrogens (tertiary/aromatic N) is 2. The number of carbonyl (C=O) groups excluding carboxylic acids is 1. The highest BCUT2D eigenvalue weighted by molar-refractivity contribution is 7.08. The molecule has 0 aliphatic rings. The lowest BCUT2D eigenvalue weighted by Crippen LogP contribution is -2.14. The first kappa shape index (κ1) is 10.6. The molecule has 2 aromatic rings. The summed E-state index contributed by atoms with van der Waals surface area (Å²) in [5, 5.41) is 9.31. The second-order valence-electron chi connectivity index (χ2n) is 3.01. The number of nitrogens with one attached hydrogen (secondary N) is 2. The number of hydrogen-bond acceptors (Lipinski definition) is 5. The first-order valence-corrected chi connectivity index (χ1v) is 5.57. The van der Waals surface area contributed by atoms with E-state index in [1.54, 1.807) is 13.2 Å². The maximum atomic E-state index is 11.7. The Balaban J connectivity index is 2.14. The average molecular weight is 234 g/mol. The van der Waals surface area contributed by atoms with Crippen LogP contribution in [0.4, 0.5) is 11.5 Å². The second kappa shape index (κ2) is 4.71. The molecule has 2 rings (SSSR count). The van der Waals surface area contributed by atoms with Crippen LogP contribution >= 0.6 is 11.3 Å². The van der Waals surface area contributed by atoms with Gasteiger partial charge in [0, 0.05) is 12.4 Å². The van der Waals surface area contributed by atoms with Crippen molar-refractivity contribution in [2.24, 2.45) is 0 Å². The third kappa shape index (κ3) is 2.34. The van der Waals surface area contributed by atoms with Gasteiger partial charge in [-0.3, -0.25) is 9.78 Å². The standard InChI is InChI=1S/C10H10N4OS/c1-11-9-5-12-4-8(14-9)10(15)13-7-2-3-16-6-7/h2-6H,1H3,(H,11,14)(H,13,15). The molecule has 0 saturated heterocycles. The van der Waals surface area contributed by atoms with E-state index in [1.807, 2.05) is 16.8 Å². The van der Waals surface area contributed by atoms with E-state index in [-0.39, 0.29) is 11.6 Å². The van der Waals surface area contributed by atoms with Crippen LogP contribution in [-0.2, 0) is 0 Å². The van der Waals surface area contributed by atoms with Crippen molar-refractivity contribution < 1.29 is 4.79 Å². The van der Waals surface area contributed by atoms with E-state index in [1.165, 1.54) is 17.5 Å². The molecule has 16 heavy (non-hydrogen) atoms. The van der Waals surface area contributed by atoms with Gasteiger partial charge in [-0.15, -0.1) is 0 Å². The van der Waals surface area contributed by atoms with Crippen LogP contribution in [-0.4, -0.2) is 22.9 Å². The third-order valence-electron chi connectivity index (χ3n) is 1.90. The van der Waals surface area contributed by atoms with E-state index >= 15 is 0 Å². The SMILES string of the molecule is CNc1cncc(C(=O)Nc2ccsc2)n1. The van der Waals surface area contributed by atoms with Gasteiger partial charge in [-0.05, 0) is 11.4 Å². The molecule has 5 nitrogen and oxygen atoms in total. The van der Waals surface area contributed by atoms with Gasteiger partial charge in [0.1, 0.15) is 11.5 Å². The number of carbonyl (C=O) groups is 1. The summed E-state index contributed by atoms with van der Waals surface area (Å²) < 4.78 is 0. The largest absolute Gasteiger partial charge is 0.372 e. The van der Waals surface area contributed by atoms with Crippen molar-refractivity contribution in [3.8, 4) is 0 Å². The summed E-state index contributed by atoms with van der Waals surface area (Å²) in [6.07, 6.45) is 2.99. The molecular weight excluding hydrogens is 224 g/mol. The molecule has 0 spiro atoms. The zero-order valence-electron chi connectivity index (χ0n) is 8.60. The Hall–Kier alpha value is -1.95. The number of rotatable bonds is 3. The highest BCUT2D eigenvalue weighted by Crippen LogP contribution is 2.13. The Morgan fingerprint density at radius 2 is 2.31 bits per heavy atom. The molecular formula is C10H10N4OS. The second-order valence-corrected chi connectivity index (χ2v) is 3.79. The van der Waals surface area contributed by atoms with Crippen LogP contribution in [0.5, 0.6) is 0 Å². The summed E-state index contributed by atoms with van der Waals surface area (Å²) in [6, 6.07) is 1.83. The summed E-state index contributed by atoms with van der Waals surface area (Å²) in [5.41, 5.74) is 1.06. The maximum absolute atomic E-state index is 11.7. The molecule has 0 aliphatic carbocycles. The van der Waals surface area contributed by atoms with Gasteiger partial charge >= 0.3 is 0 Å². The minimum Gasteiger partial charge on any atom is -0.372 e. The molecule has 6 heteroatoms. The van der Waals surface area contributed by atoms with E-state index in [0.29, 0.717) is 5.82 Å². The number of hydrogen-bond donors (Lipinski definition) is 2. The summed E-state index contributed by atoms with van der Waals surface area (Å²) in [7, 11) is 1.73. The summed E-state index contributed by atoms with van der Waals surface area (Å²) in [5.74, 6) is 0.306. The van der Waals surface area contributed by atoms with Crippen molar-refractivity contribution >= 4 is 28.7 Å². The van der Waals surface area contributed by atoms with Crippen molar-refractivity contribution in [1.29, 1.82) is 0 Å². The summed E-state index contributed by atoms with van der Waals surface area (Å²) in [4.78, 5) is 19.8. The number of amides is 1. The summed E-state index contributed by atoms with van der Waals surface area (Å²) >= 11 is 1.52. The van der Waals surface area contributed by atoms with E-state index in [9.17, 15) is 4.79 Å². The lowest BCUT2D eigenvalue weighted by molar-refractivity contribution is 0.102. The van der Waals surface area contributed by atoms with Crippen LogP contribution in [0, 0.1) is 0 Å². The van der Waals surface area contributed by atoms with Gasteiger partial charge in [0.05, 0.1) is 18.1 Å². The van der Waals surface area contributed by atoms with E-state index in [2.05, 4.69) is 20.6 Å². The van der Waals surface area contributed by atoms with Crippen molar-refractivity contribution in [3.63, 3.8) is 0 Å². The van der Waals surface area contributed by atoms with E-state index in [0.717, 1.165) is 5.69 Å². The molecule has 0 aliphatic heterocycles. The average Bonchev–Trinajstić information content (AvgIpc) is 2.82. The molecule has 0 radical (unpaired) electrons. The van der Waals surface area contributed by atoms with Crippen LogP contribution in [0.25, 0.3) is 0 Å². The minimum absolute atomic E-state index is 0.261. The Labute approximate surface area is 96.6 Å². The molecule has 2 heterocycles.